The molecule has 0 N–H and O–H groups in total. The van der Waals surface area contributed by atoms with Crippen LogP contribution in [-0.2, 0) is 6.42 Å². The molecule has 0 bridgehead atoms. The van der Waals surface area contributed by atoms with Crippen molar-refractivity contribution in [1.29, 1.82) is 0 Å². The van der Waals surface area contributed by atoms with Gasteiger partial charge in [0.2, 0.25) is 0 Å². The van der Waals surface area contributed by atoms with Crippen LogP contribution in [0.3, 0.4) is 0 Å². The van der Waals surface area contributed by atoms with Crippen LogP contribution in [-0.4, -0.2) is 27.5 Å². The van der Waals surface area contributed by atoms with Crippen molar-refractivity contribution < 1.29 is 13.9 Å². The molecule has 0 unspecified atom stereocenters. The predicted octanol–water partition coefficient (Wildman–Crippen LogP) is 4.77. The van der Waals surface area contributed by atoms with E-state index in [2.05, 4.69) is 4.98 Å². The zero-order valence-electron chi connectivity index (χ0n) is 16.7. The van der Waals surface area contributed by atoms with Gasteiger partial charge in [0.25, 0.3) is 0 Å². The Bertz CT molecular complexity index is 1280. The van der Waals surface area contributed by atoms with E-state index in [-0.39, 0.29) is 17.5 Å². The Morgan fingerprint density at radius 1 is 1.10 bits per heavy atom. The van der Waals surface area contributed by atoms with E-state index in [4.69, 9.17) is 9.84 Å². The van der Waals surface area contributed by atoms with Gasteiger partial charge in [-0.2, -0.15) is 5.10 Å². The average Bonchev–Trinajstić information content (AvgIpc) is 3.10. The number of benzene rings is 2. The molecule has 2 aromatic carbocycles. The summed E-state index contributed by atoms with van der Waals surface area (Å²) in [5.74, 6) is 0.555. The Balaban J connectivity index is 1.66. The second-order valence-corrected chi connectivity index (χ2v) is 7.59. The van der Waals surface area contributed by atoms with Crippen LogP contribution in [0.1, 0.15) is 39.6 Å². The first kappa shape index (κ1) is 18.5. The minimum Gasteiger partial charge on any atom is -0.496 e. The lowest BCUT2D eigenvalue weighted by atomic mass is 9.81. The van der Waals surface area contributed by atoms with Crippen LogP contribution in [0.25, 0.3) is 16.8 Å². The molecular weight excluding hydrogens is 381 g/mol. The van der Waals surface area contributed by atoms with Gasteiger partial charge in [0, 0.05) is 24.1 Å². The normalized spacial score (nSPS) is 16.0. The Labute approximate surface area is 173 Å². The highest BCUT2D eigenvalue weighted by Crippen LogP contribution is 2.38. The molecule has 4 aromatic rings. The standard InChI is InChI=1S/C24H20FN3O2/c1-14-23(15-7-9-17(25)10-8-15)24-26-13-19-20(28(24)27-14)11-16(12-21(19)29)18-5-3-4-6-22(18)30-2/h3-10,13,16H,11-12H2,1-2H3/t16-/m0/s1. The first-order valence-electron chi connectivity index (χ1n) is 9.86. The SMILES string of the molecule is COc1ccccc1[C@@H]1CC(=O)c2cnc3c(-c4ccc(F)cc4)c(C)nn3c2C1. The molecule has 0 aliphatic heterocycles. The molecule has 150 valence electrons. The summed E-state index contributed by atoms with van der Waals surface area (Å²) in [6.45, 7) is 1.90. The monoisotopic (exact) mass is 401 g/mol. The van der Waals surface area contributed by atoms with Crippen molar-refractivity contribution in [1.82, 2.24) is 14.6 Å². The molecule has 1 atom stereocenters. The molecule has 2 aromatic heterocycles. The van der Waals surface area contributed by atoms with Gasteiger partial charge in [-0.05, 0) is 42.7 Å². The van der Waals surface area contributed by atoms with Crippen molar-refractivity contribution in [3.63, 3.8) is 0 Å². The summed E-state index contributed by atoms with van der Waals surface area (Å²) >= 11 is 0. The fraction of sp³-hybridized carbons (Fsp3) is 0.208. The van der Waals surface area contributed by atoms with Gasteiger partial charge in [-0.15, -0.1) is 0 Å². The maximum absolute atomic E-state index is 13.4. The maximum Gasteiger partial charge on any atom is 0.166 e. The number of hydrogen-bond donors (Lipinski definition) is 0. The largest absolute Gasteiger partial charge is 0.496 e. The van der Waals surface area contributed by atoms with Crippen LogP contribution in [0.4, 0.5) is 4.39 Å². The van der Waals surface area contributed by atoms with E-state index in [0.29, 0.717) is 24.1 Å². The van der Waals surface area contributed by atoms with Crippen LogP contribution < -0.4 is 4.74 Å². The fourth-order valence-electron chi connectivity index (χ4n) is 4.38. The van der Waals surface area contributed by atoms with Crippen molar-refractivity contribution >= 4 is 11.4 Å². The van der Waals surface area contributed by atoms with Crippen LogP contribution in [0, 0.1) is 12.7 Å². The third-order valence-electron chi connectivity index (χ3n) is 5.80. The molecule has 0 saturated heterocycles. The zero-order valence-corrected chi connectivity index (χ0v) is 16.7. The number of Topliss-reactive ketones (excluding diaryl/α,β-unsaturated/α-hetero) is 1. The van der Waals surface area contributed by atoms with E-state index < -0.39 is 0 Å². The smallest absolute Gasteiger partial charge is 0.166 e. The van der Waals surface area contributed by atoms with E-state index in [0.717, 1.165) is 33.8 Å². The average molecular weight is 401 g/mol. The molecule has 5 nitrogen and oxygen atoms in total. The number of carbonyl (C=O) groups is 1. The minimum absolute atomic E-state index is 0.00512. The van der Waals surface area contributed by atoms with Crippen molar-refractivity contribution in [2.75, 3.05) is 7.11 Å². The van der Waals surface area contributed by atoms with Gasteiger partial charge in [0.15, 0.2) is 11.4 Å². The molecule has 0 saturated carbocycles. The number of ketones is 1. The molecule has 0 spiro atoms. The Morgan fingerprint density at radius 2 is 1.87 bits per heavy atom. The number of hydrogen-bond acceptors (Lipinski definition) is 4. The van der Waals surface area contributed by atoms with Gasteiger partial charge in [0.1, 0.15) is 11.6 Å². The van der Waals surface area contributed by atoms with Crippen LogP contribution in [0.5, 0.6) is 5.75 Å². The lowest BCUT2D eigenvalue weighted by molar-refractivity contribution is 0.0961. The molecule has 1 aliphatic rings. The highest BCUT2D eigenvalue weighted by atomic mass is 19.1. The van der Waals surface area contributed by atoms with Crippen LogP contribution >= 0.6 is 0 Å². The lowest BCUT2D eigenvalue weighted by Gasteiger charge is -2.25. The van der Waals surface area contributed by atoms with E-state index >= 15 is 0 Å². The molecule has 0 amide bonds. The van der Waals surface area contributed by atoms with E-state index in [1.807, 2.05) is 31.2 Å². The quantitative estimate of drug-likeness (QED) is 0.496. The van der Waals surface area contributed by atoms with Gasteiger partial charge in [-0.3, -0.25) is 4.79 Å². The summed E-state index contributed by atoms with van der Waals surface area (Å²) < 4.78 is 20.7. The van der Waals surface area contributed by atoms with Gasteiger partial charge in [0.05, 0.1) is 24.1 Å². The summed E-state index contributed by atoms with van der Waals surface area (Å²) in [7, 11) is 1.64. The van der Waals surface area contributed by atoms with Gasteiger partial charge < -0.3 is 4.74 Å². The Kier molecular flexibility index (Phi) is 4.35. The Morgan fingerprint density at radius 3 is 2.63 bits per heavy atom. The second-order valence-electron chi connectivity index (χ2n) is 7.59. The number of aromatic nitrogens is 3. The highest BCUT2D eigenvalue weighted by molar-refractivity contribution is 5.99. The first-order valence-corrected chi connectivity index (χ1v) is 9.86. The van der Waals surface area contributed by atoms with Crippen LogP contribution in [0.15, 0.2) is 54.7 Å². The van der Waals surface area contributed by atoms with E-state index in [1.165, 1.54) is 12.1 Å². The summed E-state index contributed by atoms with van der Waals surface area (Å²) in [5.41, 5.74) is 5.64. The summed E-state index contributed by atoms with van der Waals surface area (Å²) in [6.07, 6.45) is 2.72. The predicted molar refractivity (Wildman–Crippen MR) is 112 cm³/mol. The maximum atomic E-state index is 13.4. The number of halogens is 1. The van der Waals surface area contributed by atoms with Crippen LogP contribution in [0.2, 0.25) is 0 Å². The fourth-order valence-corrected chi connectivity index (χ4v) is 4.38. The molecule has 6 heteroatoms. The number of aryl methyl sites for hydroxylation is 1. The lowest BCUT2D eigenvalue weighted by Crippen LogP contribution is -2.22. The number of ether oxygens (including phenoxy) is 1. The minimum atomic E-state index is -0.288. The van der Waals surface area contributed by atoms with Gasteiger partial charge in [-0.1, -0.05) is 30.3 Å². The third-order valence-corrected chi connectivity index (χ3v) is 5.80. The molecule has 5 rings (SSSR count). The summed E-state index contributed by atoms with van der Waals surface area (Å²) in [4.78, 5) is 17.5. The molecule has 30 heavy (non-hydrogen) atoms. The highest BCUT2D eigenvalue weighted by Gasteiger charge is 2.31. The van der Waals surface area contributed by atoms with Gasteiger partial charge >= 0.3 is 0 Å². The van der Waals surface area contributed by atoms with Crippen molar-refractivity contribution in [3.8, 4) is 16.9 Å². The van der Waals surface area contributed by atoms with E-state index in [9.17, 15) is 9.18 Å². The number of fused-ring (bicyclic) bond motifs is 3. The van der Waals surface area contributed by atoms with Gasteiger partial charge in [-0.25, -0.2) is 13.9 Å². The van der Waals surface area contributed by atoms with E-state index in [1.54, 1.807) is 30.0 Å². The number of rotatable bonds is 3. The number of nitrogens with zero attached hydrogens (tertiary/aromatic N) is 3. The second kappa shape index (κ2) is 7.06. The summed E-state index contributed by atoms with van der Waals surface area (Å²) in [6, 6.07) is 14.1. The molecule has 0 fully saturated rings. The molecule has 0 radical (unpaired) electrons. The number of methoxy groups -OCH3 is 1. The molecule has 1 aliphatic carbocycles. The molecule has 2 heterocycles. The Hall–Kier alpha value is -3.54. The van der Waals surface area contributed by atoms with Crippen molar-refractivity contribution in [2.45, 2.75) is 25.7 Å². The number of carbonyl (C=O) groups excluding carboxylic acids is 1. The summed E-state index contributed by atoms with van der Waals surface area (Å²) in [5, 5.41) is 4.71. The van der Waals surface area contributed by atoms with Crippen molar-refractivity contribution in [2.24, 2.45) is 0 Å². The molecular formula is C24H20FN3O2. The number of para-hydroxylation sites is 1. The third kappa shape index (κ3) is 2.87. The topological polar surface area (TPSA) is 56.5 Å². The first-order chi connectivity index (χ1) is 14.6. The zero-order chi connectivity index (χ0) is 20.8. The van der Waals surface area contributed by atoms with Crippen molar-refractivity contribution in [3.05, 3.63) is 83.1 Å².